The first-order valence-electron chi connectivity index (χ1n) is 1.40. The van der Waals surface area contributed by atoms with Gasteiger partial charge in [0.15, 0.2) is 0 Å². The molecule has 28 valence electrons. The first-order valence-corrected chi connectivity index (χ1v) is 1.40. The summed E-state index contributed by atoms with van der Waals surface area (Å²) in [5.41, 5.74) is 0. The van der Waals surface area contributed by atoms with Gasteiger partial charge in [-0.3, -0.25) is 0 Å². The summed E-state index contributed by atoms with van der Waals surface area (Å²) in [6, 6.07) is 3.49. The summed E-state index contributed by atoms with van der Waals surface area (Å²) in [7, 11) is 0. The predicted octanol–water partition coefficient (Wildman–Crippen LogP) is 0.811. The molecule has 1 aromatic heterocycles. The monoisotopic (exact) mass is 92.0 g/mol. The summed E-state index contributed by atoms with van der Waals surface area (Å²) in [6.07, 6.45) is 4.06. The predicted molar refractivity (Wildman–Crippen MR) is 24.4 cm³/mol. The van der Waals surface area contributed by atoms with Crippen LogP contribution in [0, 0.1) is 6.26 Å². The number of furan rings is 1. The van der Waals surface area contributed by atoms with Crippen molar-refractivity contribution in [2.75, 3.05) is 0 Å². The van der Waals surface area contributed by atoms with E-state index in [2.05, 4.69) is 10.7 Å². The first-order chi connectivity index (χ1) is 2.50. The van der Waals surface area contributed by atoms with Gasteiger partial charge < -0.3 is 5.84 Å². The fourth-order valence-corrected chi connectivity index (χ4v) is 0.196. The molecule has 0 spiro atoms. The summed E-state index contributed by atoms with van der Waals surface area (Å²) in [4.78, 5) is 0. The molecule has 0 N–H and O–H groups in total. The van der Waals surface area contributed by atoms with Crippen molar-refractivity contribution in [3.63, 3.8) is 0 Å². The van der Waals surface area contributed by atoms with Crippen molar-refractivity contribution in [2.45, 2.75) is 0 Å². The Morgan fingerprint density at radius 1 is 1.67 bits per heavy atom. The van der Waals surface area contributed by atoms with Crippen LogP contribution in [0.2, 0.25) is 0 Å². The van der Waals surface area contributed by atoms with Crippen LogP contribution in [-0.4, -0.2) is 23.1 Å². The van der Waals surface area contributed by atoms with Gasteiger partial charge in [0.05, 0.1) is 0 Å². The topological polar surface area (TPSA) is 13.1 Å². The second-order valence-electron chi connectivity index (χ2n) is 0.731. The molecule has 0 bridgehead atoms. The van der Waals surface area contributed by atoms with Crippen LogP contribution >= 0.6 is 0 Å². The Hall–Kier alpha value is 0.0462. The molecule has 0 fully saturated rings. The van der Waals surface area contributed by atoms with Crippen molar-refractivity contribution in [3.05, 3.63) is 24.7 Å². The van der Waals surface area contributed by atoms with Crippen molar-refractivity contribution in [1.82, 2.24) is 0 Å². The van der Waals surface area contributed by atoms with Crippen LogP contribution in [-0.2, 0) is 0 Å². The zero-order chi connectivity index (χ0) is 3.54. The van der Waals surface area contributed by atoms with Crippen LogP contribution in [0.25, 0.3) is 0 Å². The van der Waals surface area contributed by atoms with Crippen LogP contribution in [0.15, 0.2) is 22.8 Å². The van der Waals surface area contributed by atoms with Gasteiger partial charge in [0, 0.05) is 0 Å². The third-order valence-corrected chi connectivity index (χ3v) is 0.379. The van der Waals surface area contributed by atoms with E-state index in [1.165, 1.54) is 0 Å². The SMILES string of the molecule is [H-].[Mg+2].[c-]1ccco1. The largest absolute Gasteiger partial charge is 2.00 e. The molecule has 0 radical (unpaired) electrons. The molecule has 0 aliphatic carbocycles. The normalized spacial score (nSPS) is 6.67. The van der Waals surface area contributed by atoms with Gasteiger partial charge >= 0.3 is 23.1 Å². The molecule has 0 amide bonds. The Bertz CT molecular complexity index is 68.2. The Labute approximate surface area is 54.0 Å². The third kappa shape index (κ3) is 1.47. The van der Waals surface area contributed by atoms with Gasteiger partial charge in [-0.05, 0) is 6.26 Å². The van der Waals surface area contributed by atoms with Crippen LogP contribution in [0.4, 0.5) is 0 Å². The maximum Gasteiger partial charge on any atom is 2.00 e. The molecule has 1 nitrogen and oxygen atoms in total. The van der Waals surface area contributed by atoms with E-state index in [0.29, 0.717) is 0 Å². The van der Waals surface area contributed by atoms with Crippen LogP contribution in [0.3, 0.4) is 0 Å². The summed E-state index contributed by atoms with van der Waals surface area (Å²) in [5.74, 6) is 0. The van der Waals surface area contributed by atoms with E-state index in [1.54, 1.807) is 18.4 Å². The zero-order valence-electron chi connectivity index (χ0n) is 4.35. The third-order valence-electron chi connectivity index (χ3n) is 0.379. The molecule has 0 unspecified atom stereocenters. The van der Waals surface area contributed by atoms with Crippen molar-refractivity contribution in [3.8, 4) is 0 Å². The second-order valence-corrected chi connectivity index (χ2v) is 0.731. The molecule has 0 aromatic carbocycles. The molecule has 2 heteroatoms. The molecule has 0 aliphatic heterocycles. The summed E-state index contributed by atoms with van der Waals surface area (Å²) in [5, 5.41) is 0. The molecular weight excluding hydrogens is 88.3 g/mol. The number of hydrogen-bond acceptors (Lipinski definition) is 1. The molecule has 0 atom stereocenters. The molecule has 0 aliphatic rings. The van der Waals surface area contributed by atoms with E-state index in [9.17, 15) is 0 Å². The Morgan fingerprint density at radius 2 is 2.50 bits per heavy atom. The van der Waals surface area contributed by atoms with E-state index in [1.807, 2.05) is 0 Å². The summed E-state index contributed by atoms with van der Waals surface area (Å²) >= 11 is 0. The van der Waals surface area contributed by atoms with Crippen molar-refractivity contribution in [2.24, 2.45) is 0 Å². The van der Waals surface area contributed by atoms with Gasteiger partial charge in [-0.1, -0.05) is 6.26 Å². The van der Waals surface area contributed by atoms with Gasteiger partial charge in [0.1, 0.15) is 0 Å². The smallest absolute Gasteiger partial charge is 1.00 e. The van der Waals surface area contributed by atoms with Crippen molar-refractivity contribution >= 4 is 23.1 Å². The van der Waals surface area contributed by atoms with E-state index in [4.69, 9.17) is 0 Å². The van der Waals surface area contributed by atoms with Gasteiger partial charge in [0.2, 0.25) is 0 Å². The van der Waals surface area contributed by atoms with E-state index >= 15 is 0 Å². The second kappa shape index (κ2) is 3.24. The Kier molecular flexibility index (Phi) is 3.27. The number of hydrogen-bond donors (Lipinski definition) is 0. The average Bonchev–Trinajstić information content (AvgIpc) is 1.76. The quantitative estimate of drug-likeness (QED) is 0.341. The van der Waals surface area contributed by atoms with Gasteiger partial charge in [-0.25, -0.2) is 0 Å². The van der Waals surface area contributed by atoms with E-state index in [-0.39, 0.29) is 24.5 Å². The molecule has 1 rings (SSSR count). The summed E-state index contributed by atoms with van der Waals surface area (Å²) in [6.45, 7) is 0. The fourth-order valence-electron chi connectivity index (χ4n) is 0.196. The Morgan fingerprint density at radius 3 is 2.67 bits per heavy atom. The number of rotatable bonds is 0. The Balaban J connectivity index is 0. The molecule has 1 aromatic rings. The minimum atomic E-state index is 0. The standard InChI is InChI=1S/C4H3O.Mg.H/c1-2-4-5-3-1;;/h1-3H;;/q-1;+2;-1. The van der Waals surface area contributed by atoms with Crippen molar-refractivity contribution < 1.29 is 5.84 Å². The maximum atomic E-state index is 4.46. The van der Waals surface area contributed by atoms with Gasteiger partial charge in [-0.2, -0.15) is 6.07 Å². The summed E-state index contributed by atoms with van der Waals surface area (Å²) < 4.78 is 4.46. The minimum absolute atomic E-state index is 0. The van der Waals surface area contributed by atoms with Crippen LogP contribution < -0.4 is 0 Å². The van der Waals surface area contributed by atoms with Crippen LogP contribution in [0.5, 0.6) is 0 Å². The van der Waals surface area contributed by atoms with Gasteiger partial charge in [-0.15, -0.1) is 6.07 Å². The zero-order valence-corrected chi connectivity index (χ0v) is 4.76. The van der Waals surface area contributed by atoms with Gasteiger partial charge in [0.25, 0.3) is 0 Å². The molecule has 1 heterocycles. The average molecular weight is 92.4 g/mol. The van der Waals surface area contributed by atoms with Crippen LogP contribution in [0.1, 0.15) is 1.43 Å². The van der Waals surface area contributed by atoms with Crippen molar-refractivity contribution in [1.29, 1.82) is 0 Å². The molecular formula is C4H4MgO. The molecule has 0 saturated carbocycles. The molecule has 0 saturated heterocycles. The van der Waals surface area contributed by atoms with E-state index < -0.39 is 0 Å². The fraction of sp³-hybridized carbons (Fsp3) is 0. The first kappa shape index (κ1) is 6.05. The van der Waals surface area contributed by atoms with E-state index in [0.717, 1.165) is 0 Å². The molecule has 6 heavy (non-hydrogen) atoms. The maximum absolute atomic E-state index is 4.46. The minimum Gasteiger partial charge on any atom is -1.00 e.